The number of hydrogen-bond donors (Lipinski definition) is 0. The first-order valence-corrected chi connectivity index (χ1v) is 11.5. The maximum Gasteiger partial charge on any atom is 0.270 e. The highest BCUT2D eigenvalue weighted by Gasteiger charge is 2.39. The summed E-state index contributed by atoms with van der Waals surface area (Å²) in [7, 11) is -3.12. The minimum Gasteiger partial charge on any atom is -0.330 e. The van der Waals surface area contributed by atoms with Crippen molar-refractivity contribution in [2.24, 2.45) is 5.10 Å². The van der Waals surface area contributed by atoms with Crippen LogP contribution in [-0.4, -0.2) is 59.9 Å². The van der Waals surface area contributed by atoms with Gasteiger partial charge in [0.15, 0.2) is 9.84 Å². The highest BCUT2D eigenvalue weighted by atomic mass is 32.2. The van der Waals surface area contributed by atoms with E-state index in [1.807, 2.05) is 17.2 Å². The Labute approximate surface area is 156 Å². The Morgan fingerprint density at radius 2 is 2.12 bits per heavy atom. The largest absolute Gasteiger partial charge is 0.330 e. The molecule has 0 radical (unpaired) electrons. The van der Waals surface area contributed by atoms with Crippen molar-refractivity contribution in [2.45, 2.75) is 44.7 Å². The molecule has 4 rings (SSSR count). The van der Waals surface area contributed by atoms with E-state index in [1.54, 1.807) is 11.3 Å². The number of sulfone groups is 1. The van der Waals surface area contributed by atoms with Crippen LogP contribution in [0.1, 0.15) is 42.7 Å². The number of thiophene rings is 1. The van der Waals surface area contributed by atoms with Gasteiger partial charge < -0.3 is 4.90 Å². The number of carbonyl (C=O) groups excluding carboxylic acids is 2. The molecular weight excluding hydrogens is 374 g/mol. The number of nitrogens with zero attached hydrogens (tertiary/aromatic N) is 3. The average Bonchev–Trinajstić information content (AvgIpc) is 3.22. The topological polar surface area (TPSA) is 87.1 Å². The highest BCUT2D eigenvalue weighted by molar-refractivity contribution is 7.91. The van der Waals surface area contributed by atoms with Crippen molar-refractivity contribution in [2.75, 3.05) is 18.1 Å². The molecule has 1 saturated heterocycles. The Hall–Kier alpha value is -1.74. The number of amides is 2. The summed E-state index contributed by atoms with van der Waals surface area (Å²) in [5.41, 5.74) is 1.54. The minimum atomic E-state index is -3.12. The lowest BCUT2D eigenvalue weighted by atomic mass is 10.00. The van der Waals surface area contributed by atoms with Crippen molar-refractivity contribution >= 4 is 38.7 Å². The van der Waals surface area contributed by atoms with E-state index in [1.165, 1.54) is 15.4 Å². The Kier molecular flexibility index (Phi) is 4.38. The number of rotatable bonds is 2. The lowest BCUT2D eigenvalue weighted by molar-refractivity contribution is -0.134. The van der Waals surface area contributed by atoms with Gasteiger partial charge in [-0.3, -0.25) is 9.59 Å². The van der Waals surface area contributed by atoms with E-state index in [-0.39, 0.29) is 35.8 Å². The van der Waals surface area contributed by atoms with Gasteiger partial charge in [-0.1, -0.05) is 0 Å². The van der Waals surface area contributed by atoms with Gasteiger partial charge in [-0.15, -0.1) is 11.3 Å². The second-order valence-corrected chi connectivity index (χ2v) is 10.3. The maximum absolute atomic E-state index is 13.0. The van der Waals surface area contributed by atoms with Crippen molar-refractivity contribution in [1.29, 1.82) is 0 Å². The lowest BCUT2D eigenvalue weighted by Gasteiger charge is -2.35. The average molecular weight is 396 g/mol. The molecule has 7 nitrogen and oxygen atoms in total. The summed E-state index contributed by atoms with van der Waals surface area (Å²) in [5.74, 6) is -0.338. The molecule has 1 fully saturated rings. The van der Waals surface area contributed by atoms with Crippen molar-refractivity contribution in [1.82, 2.24) is 9.91 Å². The third kappa shape index (κ3) is 3.07. The second kappa shape index (κ2) is 6.45. The Bertz CT molecular complexity index is 890. The molecule has 1 aromatic rings. The quantitative estimate of drug-likeness (QED) is 0.756. The van der Waals surface area contributed by atoms with Crippen LogP contribution in [0.5, 0.6) is 0 Å². The zero-order valence-electron chi connectivity index (χ0n) is 14.6. The Balaban J connectivity index is 1.56. The Morgan fingerprint density at radius 3 is 2.85 bits per heavy atom. The van der Waals surface area contributed by atoms with Gasteiger partial charge in [0.05, 0.1) is 23.6 Å². The third-order valence-corrected chi connectivity index (χ3v) is 8.15. The lowest BCUT2D eigenvalue weighted by Crippen LogP contribution is -2.47. The standard InChI is InChI=1S/C17H21N3O4S2/c1-11-13-5-8-25-15(13)4-7-19(11)17(22)14-2-3-16(21)20(18-14)12-6-9-26(23,24)10-12/h5,8,11-12H,2-4,6-7,9-10H2,1H3/t11-,12-/m1/s1. The summed E-state index contributed by atoms with van der Waals surface area (Å²) < 4.78 is 23.5. The molecule has 0 spiro atoms. The molecule has 2 atom stereocenters. The summed E-state index contributed by atoms with van der Waals surface area (Å²) in [6.45, 7) is 2.65. The molecule has 140 valence electrons. The van der Waals surface area contributed by atoms with Gasteiger partial charge in [-0.2, -0.15) is 5.10 Å². The first-order valence-electron chi connectivity index (χ1n) is 8.83. The summed E-state index contributed by atoms with van der Waals surface area (Å²) in [6.07, 6.45) is 1.73. The molecule has 1 aromatic heterocycles. The van der Waals surface area contributed by atoms with E-state index < -0.39 is 15.9 Å². The van der Waals surface area contributed by atoms with Crippen LogP contribution in [0.3, 0.4) is 0 Å². The molecule has 0 bridgehead atoms. The third-order valence-electron chi connectivity index (χ3n) is 5.40. The van der Waals surface area contributed by atoms with Gasteiger partial charge >= 0.3 is 0 Å². The van der Waals surface area contributed by atoms with Gasteiger partial charge in [0, 0.05) is 24.3 Å². The number of carbonyl (C=O) groups is 2. The zero-order chi connectivity index (χ0) is 18.5. The first-order chi connectivity index (χ1) is 12.4. The molecule has 0 N–H and O–H groups in total. The second-order valence-electron chi connectivity index (χ2n) is 7.07. The molecule has 0 unspecified atom stereocenters. The van der Waals surface area contributed by atoms with Crippen LogP contribution in [0.15, 0.2) is 16.5 Å². The van der Waals surface area contributed by atoms with E-state index in [9.17, 15) is 18.0 Å². The van der Waals surface area contributed by atoms with Gasteiger partial charge in [-0.25, -0.2) is 13.4 Å². The van der Waals surface area contributed by atoms with E-state index in [0.717, 1.165) is 6.42 Å². The smallest absolute Gasteiger partial charge is 0.270 e. The first kappa shape index (κ1) is 17.7. The fraction of sp³-hybridized carbons (Fsp3) is 0.588. The summed E-state index contributed by atoms with van der Waals surface area (Å²) >= 11 is 1.72. The fourth-order valence-corrected chi connectivity index (χ4v) is 6.59. The fourth-order valence-electron chi connectivity index (χ4n) is 3.93. The zero-order valence-corrected chi connectivity index (χ0v) is 16.2. The summed E-state index contributed by atoms with van der Waals surface area (Å²) in [4.78, 5) is 28.4. The van der Waals surface area contributed by atoms with Gasteiger partial charge in [-0.05, 0) is 36.8 Å². The van der Waals surface area contributed by atoms with Crippen molar-refractivity contribution in [3.05, 3.63) is 21.9 Å². The van der Waals surface area contributed by atoms with Crippen LogP contribution in [0.2, 0.25) is 0 Å². The normalized spacial score (nSPS) is 28.0. The number of hydrazone groups is 1. The van der Waals surface area contributed by atoms with Crippen LogP contribution >= 0.6 is 11.3 Å². The number of hydrogen-bond acceptors (Lipinski definition) is 6. The summed E-state index contributed by atoms with van der Waals surface area (Å²) in [6, 6.07) is 1.60. The van der Waals surface area contributed by atoms with Gasteiger partial charge in [0.1, 0.15) is 5.71 Å². The molecule has 3 aliphatic heterocycles. The van der Waals surface area contributed by atoms with E-state index in [4.69, 9.17) is 0 Å². The van der Waals surface area contributed by atoms with E-state index in [0.29, 0.717) is 25.1 Å². The SMILES string of the molecule is C[C@@H]1c2ccsc2CCN1C(=O)C1=NN([C@@H]2CCS(=O)(=O)C2)C(=O)CC1. The van der Waals surface area contributed by atoms with E-state index >= 15 is 0 Å². The van der Waals surface area contributed by atoms with Crippen LogP contribution in [-0.2, 0) is 25.8 Å². The van der Waals surface area contributed by atoms with E-state index in [2.05, 4.69) is 11.2 Å². The monoisotopic (exact) mass is 395 g/mol. The molecule has 0 saturated carbocycles. The van der Waals surface area contributed by atoms with Crippen molar-refractivity contribution in [3.8, 4) is 0 Å². The Morgan fingerprint density at radius 1 is 1.31 bits per heavy atom. The number of fused-ring (bicyclic) bond motifs is 1. The van der Waals surface area contributed by atoms with Crippen LogP contribution in [0.25, 0.3) is 0 Å². The van der Waals surface area contributed by atoms with Crippen molar-refractivity contribution in [3.63, 3.8) is 0 Å². The van der Waals surface area contributed by atoms with Gasteiger partial charge in [0.2, 0.25) is 5.91 Å². The van der Waals surface area contributed by atoms with Crippen LogP contribution in [0, 0.1) is 0 Å². The predicted molar refractivity (Wildman–Crippen MR) is 98.7 cm³/mol. The molecule has 0 aromatic carbocycles. The molecule has 26 heavy (non-hydrogen) atoms. The van der Waals surface area contributed by atoms with Gasteiger partial charge in [0.25, 0.3) is 5.91 Å². The van der Waals surface area contributed by atoms with Crippen LogP contribution in [0.4, 0.5) is 0 Å². The van der Waals surface area contributed by atoms with Crippen LogP contribution < -0.4 is 0 Å². The summed E-state index contributed by atoms with van der Waals surface area (Å²) in [5, 5.41) is 7.62. The minimum absolute atomic E-state index is 0.0156. The molecule has 9 heteroatoms. The highest BCUT2D eigenvalue weighted by Crippen LogP contribution is 2.33. The molecule has 4 heterocycles. The predicted octanol–water partition coefficient (Wildman–Crippen LogP) is 1.36. The molecule has 2 amide bonds. The maximum atomic E-state index is 13.0. The molecule has 3 aliphatic rings. The molecule has 0 aliphatic carbocycles. The molecular formula is C17H21N3O4S2. The van der Waals surface area contributed by atoms with Crippen molar-refractivity contribution < 1.29 is 18.0 Å².